The summed E-state index contributed by atoms with van der Waals surface area (Å²) in [6.07, 6.45) is 1.38. The molecule has 5 nitrogen and oxygen atoms in total. The van der Waals surface area contributed by atoms with Crippen LogP contribution >= 0.6 is 15.9 Å². The van der Waals surface area contributed by atoms with Crippen LogP contribution < -0.4 is 14.8 Å². The molecule has 0 saturated carbocycles. The summed E-state index contributed by atoms with van der Waals surface area (Å²) in [5, 5.41) is 14.6. The highest BCUT2D eigenvalue weighted by Gasteiger charge is 2.29. The molecule has 0 radical (unpaired) electrons. The van der Waals surface area contributed by atoms with E-state index in [9.17, 15) is 5.11 Å². The number of methoxy groups -OCH3 is 1. The van der Waals surface area contributed by atoms with Gasteiger partial charge in [0.2, 0.25) is 0 Å². The van der Waals surface area contributed by atoms with Gasteiger partial charge in [-0.2, -0.15) is 0 Å². The average molecular weight is 509 g/mol. The molecule has 0 aromatic heterocycles. The highest BCUT2D eigenvalue weighted by atomic mass is 79.9. The van der Waals surface area contributed by atoms with Gasteiger partial charge in [-0.25, -0.2) is 0 Å². The fraction of sp³-hybridized carbons (Fsp3) is 0.296. The van der Waals surface area contributed by atoms with E-state index in [0.29, 0.717) is 18.8 Å². The molecule has 1 aliphatic heterocycles. The number of halogens is 1. The number of para-hydroxylation sites is 1. The molecule has 0 aliphatic carbocycles. The van der Waals surface area contributed by atoms with Gasteiger partial charge in [0.05, 0.1) is 18.2 Å². The van der Waals surface area contributed by atoms with E-state index >= 15 is 0 Å². The third-order valence-electron chi connectivity index (χ3n) is 5.93. The van der Waals surface area contributed by atoms with Crippen LogP contribution in [0.1, 0.15) is 54.7 Å². The number of ether oxygens (including phenoxy) is 2. The number of aryl methyl sites for hydroxylation is 1. The third kappa shape index (κ3) is 5.07. The Morgan fingerprint density at radius 3 is 2.52 bits per heavy atom. The third-order valence-corrected chi connectivity index (χ3v) is 6.55. The van der Waals surface area contributed by atoms with Crippen molar-refractivity contribution in [2.45, 2.75) is 38.9 Å². The van der Waals surface area contributed by atoms with E-state index in [4.69, 9.17) is 14.5 Å². The zero-order chi connectivity index (χ0) is 23.4. The maximum absolute atomic E-state index is 10.9. The van der Waals surface area contributed by atoms with E-state index in [0.717, 1.165) is 39.0 Å². The van der Waals surface area contributed by atoms with Crippen LogP contribution in [0.3, 0.4) is 0 Å². The Labute approximate surface area is 203 Å². The van der Waals surface area contributed by atoms with Crippen LogP contribution in [0, 0.1) is 0 Å². The molecule has 172 valence electrons. The van der Waals surface area contributed by atoms with Crippen LogP contribution in [-0.4, -0.2) is 24.5 Å². The van der Waals surface area contributed by atoms with E-state index in [-0.39, 0.29) is 18.0 Å². The highest BCUT2D eigenvalue weighted by Crippen LogP contribution is 2.39. The number of phenols is 1. The molecule has 1 heterocycles. The van der Waals surface area contributed by atoms with Gasteiger partial charge >= 0.3 is 0 Å². The first-order chi connectivity index (χ1) is 16.0. The predicted molar refractivity (Wildman–Crippen MR) is 136 cm³/mol. The van der Waals surface area contributed by atoms with Gasteiger partial charge in [-0.1, -0.05) is 49.4 Å². The maximum Gasteiger partial charge on any atom is 0.162 e. The Morgan fingerprint density at radius 1 is 1.06 bits per heavy atom. The number of nitrogens with zero attached hydrogens (tertiary/aromatic N) is 1. The van der Waals surface area contributed by atoms with Gasteiger partial charge in [-0.3, -0.25) is 10.3 Å². The van der Waals surface area contributed by atoms with Crippen molar-refractivity contribution >= 4 is 21.6 Å². The van der Waals surface area contributed by atoms with Crippen LogP contribution in [-0.2, 0) is 6.42 Å². The normalized spacial score (nSPS) is 18.0. The summed E-state index contributed by atoms with van der Waals surface area (Å²) in [6, 6.07) is 20.1. The maximum atomic E-state index is 10.9. The number of aliphatic imine (C=N–C) groups is 1. The first-order valence-electron chi connectivity index (χ1n) is 11.2. The van der Waals surface area contributed by atoms with E-state index in [1.165, 1.54) is 5.56 Å². The molecule has 3 aromatic rings. The molecular weight excluding hydrogens is 480 g/mol. The van der Waals surface area contributed by atoms with Crippen molar-refractivity contribution in [3.05, 3.63) is 87.4 Å². The monoisotopic (exact) mass is 508 g/mol. The summed E-state index contributed by atoms with van der Waals surface area (Å²) in [5.74, 6) is 1.44. The lowest BCUT2D eigenvalue weighted by atomic mass is 9.93. The molecule has 3 aromatic carbocycles. The minimum absolute atomic E-state index is 0.130. The summed E-state index contributed by atoms with van der Waals surface area (Å²) < 4.78 is 11.9. The Bertz CT molecular complexity index is 1140. The number of nitrogens with one attached hydrogen (secondary N) is 1. The molecular formula is C27H29BrN2O3. The van der Waals surface area contributed by atoms with Crippen LogP contribution in [0.4, 0.5) is 0 Å². The molecule has 6 heteroatoms. The molecule has 0 fully saturated rings. The molecule has 1 aliphatic rings. The summed E-state index contributed by atoms with van der Waals surface area (Å²) in [6.45, 7) is 4.56. The molecule has 0 spiro atoms. The van der Waals surface area contributed by atoms with Gasteiger partial charge in [-0.15, -0.1) is 0 Å². The second-order valence-corrected chi connectivity index (χ2v) is 8.83. The van der Waals surface area contributed by atoms with E-state index in [2.05, 4.69) is 52.4 Å². The number of aromatic hydroxyl groups is 1. The number of hydrogen-bond donors (Lipinski definition) is 2. The van der Waals surface area contributed by atoms with E-state index < -0.39 is 0 Å². The zero-order valence-electron chi connectivity index (χ0n) is 19.1. The van der Waals surface area contributed by atoms with Gasteiger partial charge in [-0.05, 0) is 64.2 Å². The predicted octanol–water partition coefficient (Wildman–Crippen LogP) is 6.35. The fourth-order valence-corrected chi connectivity index (χ4v) is 4.69. The minimum atomic E-state index is -0.276. The van der Waals surface area contributed by atoms with E-state index in [1.54, 1.807) is 13.2 Å². The first kappa shape index (κ1) is 23.3. The van der Waals surface area contributed by atoms with Crippen molar-refractivity contribution in [3.8, 4) is 17.2 Å². The fourth-order valence-electron chi connectivity index (χ4n) is 4.13. The van der Waals surface area contributed by atoms with Gasteiger partial charge in [0.15, 0.2) is 11.5 Å². The number of hydrogen-bond acceptors (Lipinski definition) is 5. The topological polar surface area (TPSA) is 63.1 Å². The average Bonchev–Trinajstić information content (AvgIpc) is 2.85. The smallest absolute Gasteiger partial charge is 0.162 e. The van der Waals surface area contributed by atoms with Crippen molar-refractivity contribution in [3.63, 3.8) is 0 Å². The number of phenolic OH excluding ortho intramolecular Hbond substituents is 1. The lowest BCUT2D eigenvalue weighted by Crippen LogP contribution is -2.33. The van der Waals surface area contributed by atoms with Crippen molar-refractivity contribution in [2.24, 2.45) is 4.99 Å². The zero-order valence-corrected chi connectivity index (χ0v) is 20.7. The minimum Gasteiger partial charge on any atom is -0.504 e. The Hall–Kier alpha value is -2.83. The van der Waals surface area contributed by atoms with Crippen molar-refractivity contribution < 1.29 is 14.6 Å². The standard InChI is InChI=1S/C27H29BrN2O3/c1-4-17-9-11-18(12-10-17)22-16-23(20-7-6-8-25(26(20)31)33-5-2)30-27(29-22)19-13-14-24(32-3)21(28)15-19/h6-15,23,27,30-31H,4-5,16H2,1-3H3/t23-,27+/m1/s1. The Morgan fingerprint density at radius 2 is 1.85 bits per heavy atom. The van der Waals surface area contributed by atoms with Gasteiger partial charge in [0.1, 0.15) is 11.9 Å². The Kier molecular flexibility index (Phi) is 7.36. The largest absolute Gasteiger partial charge is 0.504 e. The molecule has 0 amide bonds. The van der Waals surface area contributed by atoms with Crippen LogP contribution in [0.5, 0.6) is 17.2 Å². The first-order valence-corrected chi connectivity index (χ1v) is 12.0. The second kappa shape index (κ2) is 10.4. The lowest BCUT2D eigenvalue weighted by molar-refractivity contribution is 0.313. The van der Waals surface area contributed by atoms with Crippen LogP contribution in [0.25, 0.3) is 0 Å². The molecule has 0 bridgehead atoms. The second-order valence-electron chi connectivity index (χ2n) is 7.97. The van der Waals surface area contributed by atoms with Crippen molar-refractivity contribution in [1.29, 1.82) is 0 Å². The van der Waals surface area contributed by atoms with Crippen LogP contribution in [0.2, 0.25) is 0 Å². The molecule has 2 atom stereocenters. The number of rotatable bonds is 7. The molecule has 33 heavy (non-hydrogen) atoms. The van der Waals surface area contributed by atoms with Gasteiger partial charge < -0.3 is 14.6 Å². The lowest BCUT2D eigenvalue weighted by Gasteiger charge is -2.31. The van der Waals surface area contributed by atoms with Crippen LogP contribution in [0.15, 0.2) is 70.1 Å². The van der Waals surface area contributed by atoms with E-state index in [1.807, 2.05) is 37.3 Å². The highest BCUT2D eigenvalue weighted by molar-refractivity contribution is 9.10. The Balaban J connectivity index is 1.75. The summed E-state index contributed by atoms with van der Waals surface area (Å²) in [5.41, 5.74) is 5.20. The molecule has 0 unspecified atom stereocenters. The quantitative estimate of drug-likeness (QED) is 0.390. The van der Waals surface area contributed by atoms with Gasteiger partial charge in [0, 0.05) is 23.7 Å². The summed E-state index contributed by atoms with van der Waals surface area (Å²) >= 11 is 3.59. The summed E-state index contributed by atoms with van der Waals surface area (Å²) in [7, 11) is 1.65. The van der Waals surface area contributed by atoms with Gasteiger partial charge in [0.25, 0.3) is 0 Å². The molecule has 2 N–H and O–H groups in total. The molecule has 4 rings (SSSR count). The SMILES string of the molecule is CCOc1cccc([C@H]2CC(c3ccc(CC)cc3)=N[C@H](c3ccc(OC)c(Br)c3)N2)c1O. The van der Waals surface area contributed by atoms with Crippen molar-refractivity contribution in [2.75, 3.05) is 13.7 Å². The number of benzene rings is 3. The van der Waals surface area contributed by atoms with Crippen molar-refractivity contribution in [1.82, 2.24) is 5.32 Å². The molecule has 0 saturated heterocycles. The summed E-state index contributed by atoms with van der Waals surface area (Å²) in [4.78, 5) is 5.07.